The second-order valence-electron chi connectivity index (χ2n) is 4.88. The third-order valence-electron chi connectivity index (χ3n) is 3.27. The quantitative estimate of drug-likeness (QED) is 0.864. The van der Waals surface area contributed by atoms with Crippen LogP contribution in [-0.4, -0.2) is 33.7 Å². The first-order valence-electron chi connectivity index (χ1n) is 6.78. The van der Waals surface area contributed by atoms with E-state index in [-0.39, 0.29) is 5.91 Å². The molecule has 0 bridgehead atoms. The van der Waals surface area contributed by atoms with Crippen molar-refractivity contribution in [3.63, 3.8) is 0 Å². The minimum Gasteiger partial charge on any atom is -0.479 e. The van der Waals surface area contributed by atoms with E-state index in [9.17, 15) is 4.79 Å². The van der Waals surface area contributed by atoms with Gasteiger partial charge in [-0.25, -0.2) is 0 Å². The molecule has 22 heavy (non-hydrogen) atoms. The Labute approximate surface area is 127 Å². The minimum atomic E-state index is -0.585. The Bertz CT molecular complexity index is 724. The van der Waals surface area contributed by atoms with Crippen LogP contribution < -0.4 is 4.74 Å². The molecule has 0 saturated heterocycles. The number of aryl methyl sites for hydroxylation is 1. The number of amides is 1. The molecule has 0 saturated carbocycles. The lowest BCUT2D eigenvalue weighted by atomic mass is 10.2. The van der Waals surface area contributed by atoms with Crippen LogP contribution in [0.4, 0.5) is 0 Å². The van der Waals surface area contributed by atoms with Crippen LogP contribution in [0, 0.1) is 0 Å². The number of carbonyl (C=O) groups excluding carboxylic acids is 1. The number of rotatable bonds is 3. The van der Waals surface area contributed by atoms with Crippen LogP contribution in [0.25, 0.3) is 0 Å². The summed E-state index contributed by atoms with van der Waals surface area (Å²) in [6.45, 7) is 1.45. The van der Waals surface area contributed by atoms with Gasteiger partial charge >= 0.3 is 0 Å². The first kappa shape index (κ1) is 14.1. The van der Waals surface area contributed by atoms with Gasteiger partial charge in [0.15, 0.2) is 0 Å². The molecule has 1 unspecified atom stereocenters. The van der Waals surface area contributed by atoms with Gasteiger partial charge in [0.05, 0.1) is 7.11 Å². The average molecular weight is 300 g/mol. The van der Waals surface area contributed by atoms with Crippen molar-refractivity contribution in [2.24, 2.45) is 12.1 Å². The Morgan fingerprint density at radius 3 is 2.68 bits per heavy atom. The number of benzene rings is 1. The van der Waals surface area contributed by atoms with Crippen molar-refractivity contribution in [1.82, 2.24) is 14.8 Å². The molecule has 7 heteroatoms. The van der Waals surface area contributed by atoms with Gasteiger partial charge in [-0.05, 0) is 0 Å². The van der Waals surface area contributed by atoms with E-state index in [4.69, 9.17) is 9.47 Å². The van der Waals surface area contributed by atoms with Crippen LogP contribution in [0.2, 0.25) is 0 Å². The van der Waals surface area contributed by atoms with E-state index in [1.165, 1.54) is 19.0 Å². The van der Waals surface area contributed by atoms with Gasteiger partial charge in [0, 0.05) is 25.7 Å². The van der Waals surface area contributed by atoms with Gasteiger partial charge < -0.3 is 9.47 Å². The van der Waals surface area contributed by atoms with E-state index in [0.717, 1.165) is 5.56 Å². The molecule has 2 aromatic rings. The summed E-state index contributed by atoms with van der Waals surface area (Å²) in [6.07, 6.45) is 1.15. The Morgan fingerprint density at radius 1 is 1.32 bits per heavy atom. The van der Waals surface area contributed by atoms with Crippen LogP contribution in [-0.2, 0) is 16.6 Å². The molecule has 1 atom stereocenters. The van der Waals surface area contributed by atoms with Gasteiger partial charge in [-0.1, -0.05) is 30.3 Å². The van der Waals surface area contributed by atoms with Crippen LogP contribution in [0.5, 0.6) is 5.88 Å². The maximum Gasteiger partial charge on any atom is 0.248 e. The molecular weight excluding hydrogens is 284 g/mol. The largest absolute Gasteiger partial charge is 0.479 e. The molecule has 0 fully saturated rings. The number of aromatic nitrogens is 2. The average Bonchev–Trinajstić information content (AvgIpc) is 3.11. The Hall–Kier alpha value is -2.83. The second-order valence-corrected chi connectivity index (χ2v) is 4.88. The van der Waals surface area contributed by atoms with Crippen LogP contribution in [0.1, 0.15) is 24.3 Å². The summed E-state index contributed by atoms with van der Waals surface area (Å²) in [5.41, 5.74) is 1.45. The number of ether oxygens (including phenoxy) is 2. The maximum absolute atomic E-state index is 11.9. The highest BCUT2D eigenvalue weighted by atomic mass is 16.5. The summed E-state index contributed by atoms with van der Waals surface area (Å²) < 4.78 is 12.7. The normalized spacial score (nSPS) is 17.1. The molecule has 0 aliphatic carbocycles. The minimum absolute atomic E-state index is 0.202. The summed E-state index contributed by atoms with van der Waals surface area (Å²) >= 11 is 0. The van der Waals surface area contributed by atoms with Crippen LogP contribution in [0.3, 0.4) is 0 Å². The SMILES string of the molecule is COc1nn(C)cc1C1=NN(C(C)=O)C(c2ccccc2)O1. The van der Waals surface area contributed by atoms with Crippen LogP contribution >= 0.6 is 0 Å². The lowest BCUT2D eigenvalue weighted by Crippen LogP contribution is -2.25. The Balaban J connectivity index is 1.98. The molecule has 0 spiro atoms. The predicted molar refractivity (Wildman–Crippen MR) is 79.1 cm³/mol. The lowest BCUT2D eigenvalue weighted by molar-refractivity contribution is -0.135. The summed E-state index contributed by atoms with van der Waals surface area (Å²) in [6, 6.07) is 9.46. The molecule has 0 radical (unpaired) electrons. The molecule has 1 aliphatic heterocycles. The third kappa shape index (κ3) is 2.41. The lowest BCUT2D eigenvalue weighted by Gasteiger charge is -2.18. The van der Waals surface area contributed by atoms with E-state index in [0.29, 0.717) is 17.3 Å². The topological polar surface area (TPSA) is 69.0 Å². The number of hydrogen-bond acceptors (Lipinski definition) is 5. The highest BCUT2D eigenvalue weighted by Gasteiger charge is 2.34. The zero-order valence-corrected chi connectivity index (χ0v) is 12.6. The monoisotopic (exact) mass is 300 g/mol. The van der Waals surface area contributed by atoms with Crippen LogP contribution in [0.15, 0.2) is 41.6 Å². The molecule has 1 aliphatic rings. The summed E-state index contributed by atoms with van der Waals surface area (Å²) in [4.78, 5) is 11.9. The summed E-state index contributed by atoms with van der Waals surface area (Å²) in [5, 5.41) is 9.77. The van der Waals surface area contributed by atoms with Crippen molar-refractivity contribution in [1.29, 1.82) is 0 Å². The summed E-state index contributed by atoms with van der Waals surface area (Å²) in [7, 11) is 3.30. The van der Waals surface area contributed by atoms with Crippen molar-refractivity contribution in [2.75, 3.05) is 7.11 Å². The molecule has 114 valence electrons. The molecule has 0 N–H and O–H groups in total. The zero-order valence-electron chi connectivity index (χ0n) is 12.6. The van der Waals surface area contributed by atoms with E-state index in [1.807, 2.05) is 30.3 Å². The van der Waals surface area contributed by atoms with E-state index in [1.54, 1.807) is 17.9 Å². The molecule has 3 rings (SSSR count). The number of methoxy groups -OCH3 is 1. The molecule has 1 aromatic heterocycles. The third-order valence-corrected chi connectivity index (χ3v) is 3.27. The highest BCUT2D eigenvalue weighted by molar-refractivity contribution is 5.98. The number of carbonyl (C=O) groups is 1. The fourth-order valence-electron chi connectivity index (χ4n) is 2.27. The smallest absolute Gasteiger partial charge is 0.248 e. The van der Waals surface area contributed by atoms with E-state index >= 15 is 0 Å². The fraction of sp³-hybridized carbons (Fsp3) is 0.267. The van der Waals surface area contributed by atoms with Gasteiger partial charge in [0.2, 0.25) is 23.9 Å². The standard InChI is InChI=1S/C15H16N4O3/c1-10(20)19-15(11-7-5-4-6-8-11)22-14(17-19)12-9-18(2)16-13(12)21-3/h4-9,15H,1-3H3. The van der Waals surface area contributed by atoms with Crippen molar-refractivity contribution in [3.05, 3.63) is 47.7 Å². The maximum atomic E-state index is 11.9. The number of hydrazone groups is 1. The molecule has 1 amide bonds. The molecule has 7 nitrogen and oxygen atoms in total. The van der Waals surface area contributed by atoms with Gasteiger partial charge in [-0.15, -0.1) is 10.2 Å². The highest BCUT2D eigenvalue weighted by Crippen LogP contribution is 2.31. The first-order chi connectivity index (χ1) is 10.6. The first-order valence-corrected chi connectivity index (χ1v) is 6.78. The van der Waals surface area contributed by atoms with Crippen molar-refractivity contribution >= 4 is 11.8 Å². The van der Waals surface area contributed by atoms with Crippen molar-refractivity contribution in [2.45, 2.75) is 13.2 Å². The summed E-state index contributed by atoms with van der Waals surface area (Å²) in [5.74, 6) is 0.513. The molecular formula is C15H16N4O3. The number of hydrogen-bond donors (Lipinski definition) is 0. The second kappa shape index (κ2) is 5.51. The Morgan fingerprint density at radius 2 is 2.05 bits per heavy atom. The van der Waals surface area contributed by atoms with Gasteiger partial charge in [0.25, 0.3) is 0 Å². The predicted octanol–water partition coefficient (Wildman–Crippen LogP) is 1.67. The Kier molecular flexibility index (Phi) is 3.54. The zero-order chi connectivity index (χ0) is 15.7. The fourth-order valence-corrected chi connectivity index (χ4v) is 2.27. The van der Waals surface area contributed by atoms with Crippen molar-refractivity contribution in [3.8, 4) is 5.88 Å². The van der Waals surface area contributed by atoms with E-state index in [2.05, 4.69) is 10.2 Å². The molecule has 1 aromatic carbocycles. The van der Waals surface area contributed by atoms with Gasteiger partial charge in [-0.2, -0.15) is 5.01 Å². The number of nitrogens with zero attached hydrogens (tertiary/aromatic N) is 4. The van der Waals surface area contributed by atoms with Gasteiger partial charge in [0.1, 0.15) is 5.56 Å². The van der Waals surface area contributed by atoms with Gasteiger partial charge in [-0.3, -0.25) is 9.48 Å². The molecule has 2 heterocycles. The van der Waals surface area contributed by atoms with E-state index < -0.39 is 6.23 Å². The van der Waals surface area contributed by atoms with Crippen molar-refractivity contribution < 1.29 is 14.3 Å².